The molecule has 0 aliphatic heterocycles. The lowest BCUT2D eigenvalue weighted by molar-refractivity contribution is -0.121. The number of benzene rings is 1. The van der Waals surface area contributed by atoms with Crippen LogP contribution in [0, 0.1) is 5.92 Å². The molecule has 0 saturated heterocycles. The van der Waals surface area contributed by atoms with E-state index >= 15 is 0 Å². The molecule has 0 aromatic heterocycles. The average Bonchev–Trinajstić information content (AvgIpc) is 2.47. The second kappa shape index (κ2) is 7.39. The van der Waals surface area contributed by atoms with Gasteiger partial charge in [0.05, 0.1) is 4.99 Å². The first-order chi connectivity index (χ1) is 9.68. The fourth-order valence-electron chi connectivity index (χ4n) is 2.83. The Kier molecular flexibility index (Phi) is 5.53. The van der Waals surface area contributed by atoms with Gasteiger partial charge in [0.2, 0.25) is 5.91 Å². The van der Waals surface area contributed by atoms with Crippen LogP contribution in [0.15, 0.2) is 30.3 Å². The molecule has 1 fully saturated rings. The molecule has 1 atom stereocenters. The largest absolute Gasteiger partial charge is 0.392 e. The zero-order chi connectivity index (χ0) is 14.4. The first-order valence-electron chi connectivity index (χ1n) is 7.30. The van der Waals surface area contributed by atoms with E-state index in [1.54, 1.807) is 0 Å². The van der Waals surface area contributed by atoms with Crippen LogP contribution in [0.4, 0.5) is 0 Å². The van der Waals surface area contributed by atoms with Gasteiger partial charge < -0.3 is 11.1 Å². The number of hydrogen-bond acceptors (Lipinski definition) is 2. The van der Waals surface area contributed by atoms with Crippen LogP contribution < -0.4 is 11.1 Å². The van der Waals surface area contributed by atoms with Crippen molar-refractivity contribution in [2.45, 2.75) is 38.0 Å². The maximum Gasteiger partial charge on any atom is 0.234 e. The Morgan fingerprint density at radius 3 is 2.50 bits per heavy atom. The van der Waals surface area contributed by atoms with E-state index in [4.69, 9.17) is 18.0 Å². The molecule has 0 radical (unpaired) electrons. The SMILES string of the molecule is NC(=S)C(C(=O)NCC1CCCCC1)c1ccccc1. The fourth-order valence-corrected chi connectivity index (χ4v) is 3.07. The fraction of sp³-hybridized carbons (Fsp3) is 0.500. The van der Waals surface area contributed by atoms with E-state index in [0.717, 1.165) is 12.1 Å². The van der Waals surface area contributed by atoms with E-state index < -0.39 is 5.92 Å². The summed E-state index contributed by atoms with van der Waals surface area (Å²) in [6, 6.07) is 9.50. The molecule has 108 valence electrons. The zero-order valence-corrected chi connectivity index (χ0v) is 12.5. The molecule has 1 aliphatic rings. The van der Waals surface area contributed by atoms with Gasteiger partial charge in [-0.25, -0.2) is 0 Å². The van der Waals surface area contributed by atoms with Crippen molar-refractivity contribution < 1.29 is 4.79 Å². The minimum absolute atomic E-state index is 0.0747. The Morgan fingerprint density at radius 2 is 1.90 bits per heavy atom. The van der Waals surface area contributed by atoms with Crippen LogP contribution in [0.3, 0.4) is 0 Å². The van der Waals surface area contributed by atoms with Gasteiger partial charge in [-0.15, -0.1) is 0 Å². The summed E-state index contributed by atoms with van der Waals surface area (Å²) in [7, 11) is 0. The highest BCUT2D eigenvalue weighted by Gasteiger charge is 2.24. The van der Waals surface area contributed by atoms with Crippen molar-refractivity contribution in [2.75, 3.05) is 6.54 Å². The van der Waals surface area contributed by atoms with Gasteiger partial charge in [-0.3, -0.25) is 4.79 Å². The lowest BCUT2D eigenvalue weighted by Crippen LogP contribution is -2.38. The second-order valence-corrected chi connectivity index (χ2v) is 5.97. The molecule has 3 nitrogen and oxygen atoms in total. The number of nitrogens with one attached hydrogen (secondary N) is 1. The van der Waals surface area contributed by atoms with Gasteiger partial charge >= 0.3 is 0 Å². The predicted octanol–water partition coefficient (Wildman–Crippen LogP) is 2.75. The third kappa shape index (κ3) is 4.04. The highest BCUT2D eigenvalue weighted by Crippen LogP contribution is 2.23. The number of nitrogens with two attached hydrogens (primary N) is 1. The van der Waals surface area contributed by atoms with Crippen LogP contribution in [-0.4, -0.2) is 17.4 Å². The molecule has 1 unspecified atom stereocenters. The Bertz CT molecular complexity index is 455. The van der Waals surface area contributed by atoms with Crippen LogP contribution in [0.2, 0.25) is 0 Å². The van der Waals surface area contributed by atoms with Gasteiger partial charge in [0.25, 0.3) is 0 Å². The monoisotopic (exact) mass is 290 g/mol. The van der Waals surface area contributed by atoms with Crippen LogP contribution in [0.5, 0.6) is 0 Å². The van der Waals surface area contributed by atoms with Gasteiger partial charge in [0.15, 0.2) is 0 Å². The van der Waals surface area contributed by atoms with Gasteiger partial charge in [-0.2, -0.15) is 0 Å². The van der Waals surface area contributed by atoms with E-state index in [2.05, 4.69) is 5.32 Å². The summed E-state index contributed by atoms with van der Waals surface area (Å²) in [4.78, 5) is 12.6. The van der Waals surface area contributed by atoms with Crippen molar-refractivity contribution in [1.29, 1.82) is 0 Å². The standard InChI is InChI=1S/C16H22N2OS/c17-15(20)14(13-9-5-2-6-10-13)16(19)18-11-12-7-3-1-4-8-12/h2,5-6,9-10,12,14H,1,3-4,7-8,11H2,(H2,17,20)(H,18,19). The van der Waals surface area contributed by atoms with Gasteiger partial charge in [0, 0.05) is 6.54 Å². The third-order valence-corrected chi connectivity index (χ3v) is 4.21. The van der Waals surface area contributed by atoms with Crippen LogP contribution in [-0.2, 0) is 4.79 Å². The highest BCUT2D eigenvalue weighted by molar-refractivity contribution is 7.80. The van der Waals surface area contributed by atoms with Crippen LogP contribution in [0.25, 0.3) is 0 Å². The van der Waals surface area contributed by atoms with Gasteiger partial charge in [-0.05, 0) is 24.3 Å². The molecule has 20 heavy (non-hydrogen) atoms. The average molecular weight is 290 g/mol. The Hall–Kier alpha value is -1.42. The minimum Gasteiger partial charge on any atom is -0.392 e. The molecule has 0 bridgehead atoms. The molecule has 1 amide bonds. The lowest BCUT2D eigenvalue weighted by atomic mass is 9.89. The predicted molar refractivity (Wildman–Crippen MR) is 85.6 cm³/mol. The number of carbonyl (C=O) groups is 1. The van der Waals surface area contributed by atoms with Gasteiger partial charge in [-0.1, -0.05) is 61.8 Å². The van der Waals surface area contributed by atoms with E-state index in [1.165, 1.54) is 32.1 Å². The molecule has 1 saturated carbocycles. The molecular weight excluding hydrogens is 268 g/mol. The molecule has 0 spiro atoms. The minimum atomic E-state index is -0.519. The molecule has 1 aromatic rings. The van der Waals surface area contributed by atoms with Crippen LogP contribution in [0.1, 0.15) is 43.6 Å². The van der Waals surface area contributed by atoms with E-state index in [1.807, 2.05) is 30.3 Å². The van der Waals surface area contributed by atoms with Crippen molar-refractivity contribution in [2.24, 2.45) is 11.7 Å². The van der Waals surface area contributed by atoms with Crippen molar-refractivity contribution in [1.82, 2.24) is 5.32 Å². The number of rotatable bonds is 5. The quantitative estimate of drug-likeness (QED) is 0.820. The molecule has 3 N–H and O–H groups in total. The van der Waals surface area contributed by atoms with Crippen molar-refractivity contribution in [3.63, 3.8) is 0 Å². The summed E-state index contributed by atoms with van der Waals surface area (Å²) in [5.41, 5.74) is 6.61. The van der Waals surface area contributed by atoms with Gasteiger partial charge in [0.1, 0.15) is 5.92 Å². The number of carbonyl (C=O) groups excluding carboxylic acids is 1. The van der Waals surface area contributed by atoms with Crippen molar-refractivity contribution >= 4 is 23.1 Å². The van der Waals surface area contributed by atoms with E-state index in [9.17, 15) is 4.79 Å². The number of amides is 1. The summed E-state index contributed by atoms with van der Waals surface area (Å²) in [6.45, 7) is 0.741. The Morgan fingerprint density at radius 1 is 1.25 bits per heavy atom. The van der Waals surface area contributed by atoms with E-state index in [0.29, 0.717) is 5.92 Å². The Balaban J connectivity index is 1.95. The summed E-state index contributed by atoms with van der Waals surface area (Å²) >= 11 is 5.06. The molecule has 1 aromatic carbocycles. The normalized spacial score (nSPS) is 17.4. The van der Waals surface area contributed by atoms with Crippen LogP contribution >= 0.6 is 12.2 Å². The van der Waals surface area contributed by atoms with E-state index in [-0.39, 0.29) is 10.9 Å². The third-order valence-electron chi connectivity index (χ3n) is 3.97. The first-order valence-corrected chi connectivity index (χ1v) is 7.71. The molecule has 1 aliphatic carbocycles. The maximum atomic E-state index is 12.3. The summed E-state index contributed by atoms with van der Waals surface area (Å²) in [5.74, 6) is 0.0135. The summed E-state index contributed by atoms with van der Waals surface area (Å²) in [6.07, 6.45) is 6.30. The smallest absolute Gasteiger partial charge is 0.234 e. The molecule has 2 rings (SSSR count). The molecule has 0 heterocycles. The molecular formula is C16H22N2OS. The first kappa shape index (κ1) is 15.0. The number of hydrogen-bond donors (Lipinski definition) is 2. The summed E-state index contributed by atoms with van der Waals surface area (Å²) in [5, 5.41) is 3.03. The van der Waals surface area contributed by atoms with Crippen molar-refractivity contribution in [3.05, 3.63) is 35.9 Å². The summed E-state index contributed by atoms with van der Waals surface area (Å²) < 4.78 is 0. The topological polar surface area (TPSA) is 55.1 Å². The highest BCUT2D eigenvalue weighted by atomic mass is 32.1. The zero-order valence-electron chi connectivity index (χ0n) is 11.7. The Labute approximate surface area is 125 Å². The second-order valence-electron chi connectivity index (χ2n) is 5.50. The lowest BCUT2D eigenvalue weighted by Gasteiger charge is -2.23. The maximum absolute atomic E-state index is 12.3. The molecule has 4 heteroatoms. The number of thiocarbonyl (C=S) groups is 1. The van der Waals surface area contributed by atoms with Crippen molar-refractivity contribution in [3.8, 4) is 0 Å².